The van der Waals surface area contributed by atoms with Crippen LogP contribution in [0.5, 0.6) is 0 Å². The Labute approximate surface area is 128 Å². The van der Waals surface area contributed by atoms with E-state index >= 15 is 0 Å². The summed E-state index contributed by atoms with van der Waals surface area (Å²) in [5.74, 6) is -0.286. The fraction of sp³-hybridized carbons (Fsp3) is 0.154. The summed E-state index contributed by atoms with van der Waals surface area (Å²) in [6, 6.07) is 7.13. The molecule has 3 rings (SSSR count). The zero-order valence-electron chi connectivity index (χ0n) is 10.7. The number of hydrogen-bond donors (Lipinski definition) is 1. The molecule has 0 aliphatic rings. The minimum atomic E-state index is -0.892. The van der Waals surface area contributed by atoms with Crippen molar-refractivity contribution >= 4 is 40.4 Å². The molecule has 8 heteroatoms. The lowest BCUT2D eigenvalue weighted by molar-refractivity contribution is -0.133. The molecule has 0 aliphatic carbocycles. The van der Waals surface area contributed by atoms with Crippen molar-refractivity contribution in [1.29, 1.82) is 0 Å². The number of halogens is 1. The van der Waals surface area contributed by atoms with Gasteiger partial charge in [0.1, 0.15) is 0 Å². The van der Waals surface area contributed by atoms with Crippen molar-refractivity contribution < 1.29 is 14.4 Å². The number of benzene rings is 1. The van der Waals surface area contributed by atoms with Gasteiger partial charge in [-0.25, -0.2) is 4.98 Å². The average molecular weight is 324 g/mol. The molecule has 2 aromatic heterocycles. The van der Waals surface area contributed by atoms with Gasteiger partial charge in [0.25, 0.3) is 0 Å². The molecule has 0 unspecified atom stereocenters. The molecule has 0 amide bonds. The maximum atomic E-state index is 10.8. The van der Waals surface area contributed by atoms with E-state index in [0.717, 1.165) is 22.8 Å². The molecule has 6 nitrogen and oxygen atoms in total. The van der Waals surface area contributed by atoms with E-state index in [1.54, 1.807) is 24.4 Å². The lowest BCUT2D eigenvalue weighted by Crippen LogP contribution is -2.04. The van der Waals surface area contributed by atoms with Gasteiger partial charge >= 0.3 is 5.97 Å². The van der Waals surface area contributed by atoms with Gasteiger partial charge in [0.15, 0.2) is 10.9 Å². The first-order valence-electron chi connectivity index (χ1n) is 6.03. The number of nitrogens with zero attached hydrogens (tertiary/aromatic N) is 3. The maximum Gasteiger partial charge on any atom is 0.313 e. The van der Waals surface area contributed by atoms with Crippen LogP contribution in [0, 0.1) is 0 Å². The highest BCUT2D eigenvalue weighted by Crippen LogP contribution is 2.27. The second-order valence-electron chi connectivity index (χ2n) is 4.27. The first-order chi connectivity index (χ1) is 10.1. The second kappa shape index (κ2) is 5.79. The molecule has 0 radical (unpaired) electrons. The van der Waals surface area contributed by atoms with Crippen LogP contribution in [0.25, 0.3) is 11.0 Å². The van der Waals surface area contributed by atoms with Gasteiger partial charge < -0.3 is 14.2 Å². The molecule has 0 saturated carbocycles. The quantitative estimate of drug-likeness (QED) is 0.727. The zero-order valence-corrected chi connectivity index (χ0v) is 12.3. The van der Waals surface area contributed by atoms with Gasteiger partial charge in [0, 0.05) is 11.1 Å². The molecule has 0 aliphatic heterocycles. The molecule has 1 N–H and O–H groups in total. The van der Waals surface area contributed by atoms with Crippen molar-refractivity contribution in [1.82, 2.24) is 14.7 Å². The number of aliphatic carboxylic acids is 1. The molecular weight excluding hydrogens is 314 g/mol. The van der Waals surface area contributed by atoms with Crippen molar-refractivity contribution in [3.63, 3.8) is 0 Å². The molecule has 3 aromatic rings. The summed E-state index contributed by atoms with van der Waals surface area (Å²) in [5.41, 5.74) is 1.58. The van der Waals surface area contributed by atoms with Crippen LogP contribution < -0.4 is 0 Å². The minimum Gasteiger partial charge on any atom is -0.481 e. The van der Waals surface area contributed by atoms with Crippen molar-refractivity contribution in [2.75, 3.05) is 5.75 Å². The highest BCUT2D eigenvalue weighted by molar-refractivity contribution is 7.99. The summed E-state index contributed by atoms with van der Waals surface area (Å²) in [4.78, 5) is 15.2. The van der Waals surface area contributed by atoms with Gasteiger partial charge in [-0.05, 0) is 18.2 Å². The molecule has 0 spiro atoms. The van der Waals surface area contributed by atoms with Crippen molar-refractivity contribution in [2.45, 2.75) is 11.7 Å². The SMILES string of the molecule is O=C(O)CSc1nc2cc(Cl)ccc2n1Cc1ccno1. The number of hydrogen-bond acceptors (Lipinski definition) is 5. The van der Waals surface area contributed by atoms with E-state index in [-0.39, 0.29) is 5.75 Å². The number of carboxylic acid groups (broad SMARTS) is 1. The van der Waals surface area contributed by atoms with Crippen LogP contribution in [0.15, 0.2) is 40.1 Å². The molecule has 108 valence electrons. The lowest BCUT2D eigenvalue weighted by atomic mass is 10.3. The Balaban J connectivity index is 2.03. The van der Waals surface area contributed by atoms with E-state index in [4.69, 9.17) is 21.2 Å². The zero-order chi connectivity index (χ0) is 14.8. The standard InChI is InChI=1S/C13H10ClN3O3S/c14-8-1-2-11-10(5-8)16-13(21-7-12(18)19)17(11)6-9-3-4-15-20-9/h1-5H,6-7H2,(H,18,19). The Bertz CT molecular complexity index is 785. The molecule has 2 heterocycles. The van der Waals surface area contributed by atoms with Gasteiger partial charge in [-0.2, -0.15) is 0 Å². The second-order valence-corrected chi connectivity index (χ2v) is 5.65. The van der Waals surface area contributed by atoms with Gasteiger partial charge in [0.2, 0.25) is 0 Å². The first-order valence-corrected chi connectivity index (χ1v) is 7.40. The van der Waals surface area contributed by atoms with Crippen LogP contribution in [0.1, 0.15) is 5.76 Å². The average Bonchev–Trinajstić information content (AvgIpc) is 3.05. The molecule has 0 bridgehead atoms. The fourth-order valence-corrected chi connectivity index (χ4v) is 2.85. The van der Waals surface area contributed by atoms with E-state index in [2.05, 4.69) is 10.1 Å². The third-order valence-electron chi connectivity index (χ3n) is 2.81. The van der Waals surface area contributed by atoms with E-state index in [1.807, 2.05) is 10.6 Å². The van der Waals surface area contributed by atoms with E-state index in [1.165, 1.54) is 0 Å². The van der Waals surface area contributed by atoms with Crippen LogP contribution in [0.3, 0.4) is 0 Å². The normalized spacial score (nSPS) is 11.1. The largest absolute Gasteiger partial charge is 0.481 e. The van der Waals surface area contributed by atoms with Gasteiger partial charge in [-0.3, -0.25) is 4.79 Å². The number of carboxylic acids is 1. The van der Waals surface area contributed by atoms with E-state index < -0.39 is 5.97 Å². The lowest BCUT2D eigenvalue weighted by Gasteiger charge is -2.05. The maximum absolute atomic E-state index is 10.8. The Kier molecular flexibility index (Phi) is 3.85. The first kappa shape index (κ1) is 14.0. The van der Waals surface area contributed by atoms with Crippen LogP contribution in [0.2, 0.25) is 5.02 Å². The van der Waals surface area contributed by atoms with Gasteiger partial charge in [-0.15, -0.1) is 0 Å². The number of aromatic nitrogens is 3. The van der Waals surface area contributed by atoms with Crippen molar-refractivity contribution in [3.05, 3.63) is 41.2 Å². The van der Waals surface area contributed by atoms with Crippen molar-refractivity contribution in [2.24, 2.45) is 0 Å². The number of imidazole rings is 1. The third-order valence-corrected chi connectivity index (χ3v) is 4.00. The predicted octanol–water partition coefficient (Wildman–Crippen LogP) is 2.90. The summed E-state index contributed by atoms with van der Waals surface area (Å²) in [7, 11) is 0. The highest BCUT2D eigenvalue weighted by Gasteiger charge is 2.14. The number of fused-ring (bicyclic) bond motifs is 1. The predicted molar refractivity (Wildman–Crippen MR) is 78.7 cm³/mol. The Morgan fingerprint density at radius 2 is 2.29 bits per heavy atom. The molecule has 0 saturated heterocycles. The summed E-state index contributed by atoms with van der Waals surface area (Å²) in [5, 5.41) is 13.7. The number of rotatable bonds is 5. The number of thioether (sulfide) groups is 1. The summed E-state index contributed by atoms with van der Waals surface area (Å²) in [6.45, 7) is 0.431. The molecule has 0 atom stereocenters. The smallest absolute Gasteiger partial charge is 0.313 e. The Morgan fingerprint density at radius 1 is 1.43 bits per heavy atom. The van der Waals surface area contributed by atoms with Crippen LogP contribution >= 0.6 is 23.4 Å². The molecule has 21 heavy (non-hydrogen) atoms. The third kappa shape index (κ3) is 3.03. The highest BCUT2D eigenvalue weighted by atomic mass is 35.5. The van der Waals surface area contributed by atoms with E-state index in [0.29, 0.717) is 22.5 Å². The topological polar surface area (TPSA) is 81.1 Å². The van der Waals surface area contributed by atoms with E-state index in [9.17, 15) is 4.79 Å². The molecule has 1 aromatic carbocycles. The molecular formula is C13H10ClN3O3S. The summed E-state index contributed by atoms with van der Waals surface area (Å²) < 4.78 is 7.00. The van der Waals surface area contributed by atoms with Gasteiger partial charge in [-0.1, -0.05) is 28.5 Å². The molecule has 0 fully saturated rings. The van der Waals surface area contributed by atoms with Crippen LogP contribution in [-0.2, 0) is 11.3 Å². The van der Waals surface area contributed by atoms with Crippen LogP contribution in [0.4, 0.5) is 0 Å². The summed E-state index contributed by atoms with van der Waals surface area (Å²) >= 11 is 7.13. The Morgan fingerprint density at radius 3 is 3.00 bits per heavy atom. The monoisotopic (exact) mass is 323 g/mol. The van der Waals surface area contributed by atoms with Crippen molar-refractivity contribution in [3.8, 4) is 0 Å². The van der Waals surface area contributed by atoms with Crippen LogP contribution in [-0.4, -0.2) is 31.5 Å². The Hall–Kier alpha value is -1.99. The summed E-state index contributed by atoms with van der Waals surface area (Å²) in [6.07, 6.45) is 1.56. The minimum absolute atomic E-state index is 0.0620. The number of carbonyl (C=O) groups is 1. The van der Waals surface area contributed by atoms with Gasteiger partial charge in [0.05, 0.1) is 29.5 Å². The fourth-order valence-electron chi connectivity index (χ4n) is 1.95.